The average molecular weight is 447 g/mol. The van der Waals surface area contributed by atoms with Gasteiger partial charge in [-0.3, -0.25) is 9.10 Å². The summed E-state index contributed by atoms with van der Waals surface area (Å²) >= 11 is 0. The van der Waals surface area contributed by atoms with Crippen molar-refractivity contribution in [1.82, 2.24) is 5.32 Å². The topological polar surface area (TPSA) is 75.7 Å². The Bertz CT molecular complexity index is 989. The Morgan fingerprint density at radius 1 is 1.06 bits per heavy atom. The predicted octanol–water partition coefficient (Wildman–Crippen LogP) is 3.95. The number of nitrogens with one attached hydrogen (secondary N) is 1. The number of hydrogen-bond donors (Lipinski definition) is 1. The van der Waals surface area contributed by atoms with Gasteiger partial charge in [-0.05, 0) is 67.1 Å². The molecule has 0 saturated heterocycles. The van der Waals surface area contributed by atoms with Gasteiger partial charge in [0.25, 0.3) is 0 Å². The molecule has 1 atom stereocenters. The molecule has 2 aromatic rings. The third kappa shape index (κ3) is 6.99. The van der Waals surface area contributed by atoms with Crippen LogP contribution in [0.2, 0.25) is 0 Å². The van der Waals surface area contributed by atoms with Crippen molar-refractivity contribution in [2.24, 2.45) is 0 Å². The van der Waals surface area contributed by atoms with E-state index in [0.29, 0.717) is 5.69 Å². The fraction of sp³-hybridized carbons (Fsp3) is 0.458. The molecule has 170 valence electrons. The molecule has 0 saturated carbocycles. The zero-order valence-electron chi connectivity index (χ0n) is 19.5. The number of benzene rings is 2. The Kier molecular flexibility index (Phi) is 7.76. The van der Waals surface area contributed by atoms with Gasteiger partial charge in [-0.2, -0.15) is 0 Å². The third-order valence-electron chi connectivity index (χ3n) is 4.94. The Labute approximate surface area is 186 Å². The van der Waals surface area contributed by atoms with E-state index in [-0.39, 0.29) is 24.5 Å². The highest BCUT2D eigenvalue weighted by atomic mass is 32.2. The fourth-order valence-corrected chi connectivity index (χ4v) is 4.59. The SMILES string of the molecule is Cc1cc(C)cc(N(C(C)C(=O)NCCOc2ccc(C(C)(C)C)cc2)S(C)(=O)=O)c1. The number of ether oxygens (including phenoxy) is 1. The molecule has 1 amide bonds. The number of carbonyl (C=O) groups is 1. The first-order valence-corrected chi connectivity index (χ1v) is 12.2. The van der Waals surface area contributed by atoms with E-state index in [1.54, 1.807) is 19.1 Å². The minimum atomic E-state index is -3.64. The highest BCUT2D eigenvalue weighted by molar-refractivity contribution is 7.92. The van der Waals surface area contributed by atoms with E-state index in [2.05, 4.69) is 26.1 Å². The van der Waals surface area contributed by atoms with E-state index in [0.717, 1.165) is 27.4 Å². The van der Waals surface area contributed by atoms with Gasteiger partial charge in [0.1, 0.15) is 18.4 Å². The van der Waals surface area contributed by atoms with E-state index in [4.69, 9.17) is 4.74 Å². The predicted molar refractivity (Wildman–Crippen MR) is 126 cm³/mol. The van der Waals surface area contributed by atoms with Crippen LogP contribution < -0.4 is 14.4 Å². The molecule has 7 heteroatoms. The second-order valence-electron chi connectivity index (χ2n) is 8.99. The first-order valence-electron chi connectivity index (χ1n) is 10.4. The van der Waals surface area contributed by atoms with E-state index in [9.17, 15) is 13.2 Å². The molecule has 0 heterocycles. The van der Waals surface area contributed by atoms with E-state index in [1.807, 2.05) is 44.2 Å². The van der Waals surface area contributed by atoms with Gasteiger partial charge >= 0.3 is 0 Å². The number of carbonyl (C=O) groups excluding carboxylic acids is 1. The lowest BCUT2D eigenvalue weighted by atomic mass is 9.87. The van der Waals surface area contributed by atoms with Crippen molar-refractivity contribution < 1.29 is 17.9 Å². The van der Waals surface area contributed by atoms with Gasteiger partial charge in [0.2, 0.25) is 15.9 Å². The van der Waals surface area contributed by atoms with Crippen LogP contribution in [0.3, 0.4) is 0 Å². The van der Waals surface area contributed by atoms with Gasteiger partial charge in [0.15, 0.2) is 0 Å². The lowest BCUT2D eigenvalue weighted by molar-refractivity contribution is -0.121. The average Bonchev–Trinajstić information content (AvgIpc) is 2.62. The van der Waals surface area contributed by atoms with Crippen molar-refractivity contribution in [2.75, 3.05) is 23.7 Å². The molecule has 1 N–H and O–H groups in total. The summed E-state index contributed by atoms with van der Waals surface area (Å²) < 4.78 is 31.7. The van der Waals surface area contributed by atoms with Gasteiger partial charge < -0.3 is 10.1 Å². The molecule has 2 aromatic carbocycles. The zero-order valence-corrected chi connectivity index (χ0v) is 20.3. The molecular weight excluding hydrogens is 412 g/mol. The smallest absolute Gasteiger partial charge is 0.243 e. The lowest BCUT2D eigenvalue weighted by Gasteiger charge is -2.28. The molecule has 2 rings (SSSR count). The van der Waals surface area contributed by atoms with Crippen molar-refractivity contribution in [3.8, 4) is 5.75 Å². The molecule has 0 aliphatic rings. The largest absolute Gasteiger partial charge is 0.492 e. The van der Waals surface area contributed by atoms with Crippen LogP contribution in [0.4, 0.5) is 5.69 Å². The molecule has 0 spiro atoms. The molecular formula is C24H34N2O4S. The zero-order chi connectivity index (χ0) is 23.4. The van der Waals surface area contributed by atoms with Crippen LogP contribution in [0, 0.1) is 13.8 Å². The van der Waals surface area contributed by atoms with Gasteiger partial charge in [-0.25, -0.2) is 8.42 Å². The summed E-state index contributed by atoms with van der Waals surface area (Å²) in [5, 5.41) is 2.77. The Morgan fingerprint density at radius 2 is 1.61 bits per heavy atom. The van der Waals surface area contributed by atoms with E-state index in [1.165, 1.54) is 5.56 Å². The monoisotopic (exact) mass is 446 g/mol. The fourth-order valence-electron chi connectivity index (χ4n) is 3.43. The van der Waals surface area contributed by atoms with Crippen LogP contribution in [0.1, 0.15) is 44.4 Å². The van der Waals surface area contributed by atoms with Crippen molar-refractivity contribution in [2.45, 2.75) is 53.0 Å². The van der Waals surface area contributed by atoms with Gasteiger partial charge in [0.05, 0.1) is 18.5 Å². The number of nitrogens with zero attached hydrogens (tertiary/aromatic N) is 1. The van der Waals surface area contributed by atoms with Crippen molar-refractivity contribution in [3.63, 3.8) is 0 Å². The summed E-state index contributed by atoms with van der Waals surface area (Å²) in [7, 11) is -3.64. The maximum atomic E-state index is 12.7. The summed E-state index contributed by atoms with van der Waals surface area (Å²) in [5.41, 5.74) is 3.64. The maximum absolute atomic E-state index is 12.7. The molecule has 0 aliphatic carbocycles. The van der Waals surface area contributed by atoms with Crippen LogP contribution in [0.25, 0.3) is 0 Å². The molecule has 0 aromatic heterocycles. The van der Waals surface area contributed by atoms with Gasteiger partial charge in [-0.15, -0.1) is 0 Å². The van der Waals surface area contributed by atoms with Crippen LogP contribution >= 0.6 is 0 Å². The molecule has 0 bridgehead atoms. The maximum Gasteiger partial charge on any atom is 0.243 e. The minimum absolute atomic E-state index is 0.0734. The van der Waals surface area contributed by atoms with Crippen molar-refractivity contribution in [3.05, 3.63) is 59.2 Å². The molecule has 6 nitrogen and oxygen atoms in total. The second kappa shape index (κ2) is 9.73. The lowest BCUT2D eigenvalue weighted by Crippen LogP contribution is -2.48. The molecule has 0 fully saturated rings. The summed E-state index contributed by atoms with van der Waals surface area (Å²) in [6, 6.07) is 12.5. The molecule has 1 unspecified atom stereocenters. The first-order chi connectivity index (χ1) is 14.3. The summed E-state index contributed by atoms with van der Waals surface area (Å²) in [6.45, 7) is 12.4. The number of sulfonamides is 1. The van der Waals surface area contributed by atoms with Gasteiger partial charge in [0, 0.05) is 0 Å². The Balaban J connectivity index is 1.98. The van der Waals surface area contributed by atoms with Crippen LogP contribution in [0.15, 0.2) is 42.5 Å². The Morgan fingerprint density at radius 3 is 2.10 bits per heavy atom. The number of aryl methyl sites for hydroxylation is 2. The quantitative estimate of drug-likeness (QED) is 0.623. The van der Waals surface area contributed by atoms with Crippen LogP contribution in [-0.4, -0.2) is 39.8 Å². The Hall–Kier alpha value is -2.54. The van der Waals surface area contributed by atoms with Gasteiger partial charge in [-0.1, -0.05) is 39.0 Å². The summed E-state index contributed by atoms with van der Waals surface area (Å²) in [5.74, 6) is 0.347. The number of amides is 1. The third-order valence-corrected chi connectivity index (χ3v) is 6.18. The van der Waals surface area contributed by atoms with Crippen molar-refractivity contribution in [1.29, 1.82) is 0 Å². The molecule has 31 heavy (non-hydrogen) atoms. The van der Waals surface area contributed by atoms with E-state index >= 15 is 0 Å². The molecule has 0 radical (unpaired) electrons. The van der Waals surface area contributed by atoms with E-state index < -0.39 is 16.1 Å². The van der Waals surface area contributed by atoms with Crippen molar-refractivity contribution >= 4 is 21.6 Å². The van der Waals surface area contributed by atoms with Crippen LogP contribution in [-0.2, 0) is 20.2 Å². The number of anilines is 1. The summed E-state index contributed by atoms with van der Waals surface area (Å²) in [6.07, 6.45) is 1.11. The minimum Gasteiger partial charge on any atom is -0.492 e. The first kappa shape index (κ1) is 24.7. The number of rotatable bonds is 8. The highest BCUT2D eigenvalue weighted by Crippen LogP contribution is 2.25. The summed E-state index contributed by atoms with van der Waals surface area (Å²) in [4.78, 5) is 12.7. The van der Waals surface area contributed by atoms with Crippen LogP contribution in [0.5, 0.6) is 5.75 Å². The number of hydrogen-bond acceptors (Lipinski definition) is 4. The standard InChI is InChI=1S/C24H34N2O4S/c1-17-14-18(2)16-21(15-17)26(31(7,28)29)19(3)23(27)25-12-13-30-22-10-8-20(9-11-22)24(4,5)6/h8-11,14-16,19H,12-13H2,1-7H3,(H,25,27). The highest BCUT2D eigenvalue weighted by Gasteiger charge is 2.29. The molecule has 0 aliphatic heterocycles. The second-order valence-corrected chi connectivity index (χ2v) is 10.9. The normalized spacial score (nSPS) is 12.9.